The van der Waals surface area contributed by atoms with Crippen molar-refractivity contribution in [1.29, 1.82) is 0 Å². The number of rotatable bonds is 1. The molecule has 2 aromatic rings. The third kappa shape index (κ3) is 2.13. The average Bonchev–Trinajstić information content (AvgIpc) is 2.89. The average molecular weight is 313 g/mol. The van der Waals surface area contributed by atoms with E-state index in [-0.39, 0.29) is 11.6 Å². The van der Waals surface area contributed by atoms with Gasteiger partial charge >= 0.3 is 6.18 Å². The SMILES string of the molecule is Cc1c(-c2c3c(nn2C)C(C)NCC3)c(C(F)(F)F)nn1C. The molecule has 1 atom stereocenters. The number of aromatic nitrogens is 4. The summed E-state index contributed by atoms with van der Waals surface area (Å²) in [5.74, 6) is 0. The van der Waals surface area contributed by atoms with E-state index in [9.17, 15) is 13.2 Å². The second-order valence-corrected chi connectivity index (χ2v) is 5.69. The number of nitrogens with zero attached hydrogens (tertiary/aromatic N) is 4. The molecule has 120 valence electrons. The number of halogens is 3. The molecule has 2 aromatic heterocycles. The third-order valence-electron chi connectivity index (χ3n) is 4.25. The van der Waals surface area contributed by atoms with Crippen LogP contribution in [-0.2, 0) is 26.7 Å². The van der Waals surface area contributed by atoms with Gasteiger partial charge in [-0.2, -0.15) is 23.4 Å². The van der Waals surface area contributed by atoms with Gasteiger partial charge in [0.2, 0.25) is 0 Å². The molecular formula is C14H18F3N5. The fraction of sp³-hybridized carbons (Fsp3) is 0.571. The van der Waals surface area contributed by atoms with Crippen LogP contribution in [0.2, 0.25) is 0 Å². The van der Waals surface area contributed by atoms with Crippen LogP contribution in [0.4, 0.5) is 13.2 Å². The maximum atomic E-state index is 13.4. The summed E-state index contributed by atoms with van der Waals surface area (Å²) in [6.07, 6.45) is -3.83. The fourth-order valence-corrected chi connectivity index (χ4v) is 3.10. The smallest absolute Gasteiger partial charge is 0.308 e. The zero-order chi connectivity index (χ0) is 16.2. The zero-order valence-electron chi connectivity index (χ0n) is 12.9. The highest BCUT2D eigenvalue weighted by molar-refractivity contribution is 5.71. The first-order valence-electron chi connectivity index (χ1n) is 7.12. The highest BCUT2D eigenvalue weighted by atomic mass is 19.4. The van der Waals surface area contributed by atoms with Crippen LogP contribution in [0.3, 0.4) is 0 Å². The summed E-state index contributed by atoms with van der Waals surface area (Å²) in [6.45, 7) is 4.35. The predicted molar refractivity (Wildman–Crippen MR) is 75.3 cm³/mol. The van der Waals surface area contributed by atoms with Gasteiger partial charge in [-0.1, -0.05) is 0 Å². The maximum absolute atomic E-state index is 13.4. The van der Waals surface area contributed by atoms with Crippen molar-refractivity contribution in [2.24, 2.45) is 14.1 Å². The molecular weight excluding hydrogens is 295 g/mol. The molecule has 0 aliphatic carbocycles. The Morgan fingerprint density at radius 1 is 1.18 bits per heavy atom. The van der Waals surface area contributed by atoms with E-state index in [0.29, 0.717) is 17.8 Å². The van der Waals surface area contributed by atoms with Crippen LogP contribution >= 0.6 is 0 Å². The molecule has 22 heavy (non-hydrogen) atoms. The Morgan fingerprint density at radius 2 is 1.86 bits per heavy atom. The quantitative estimate of drug-likeness (QED) is 0.879. The molecule has 3 heterocycles. The van der Waals surface area contributed by atoms with E-state index in [1.165, 1.54) is 11.7 Å². The monoisotopic (exact) mass is 313 g/mol. The van der Waals surface area contributed by atoms with Crippen molar-refractivity contribution in [3.8, 4) is 11.3 Å². The summed E-state index contributed by atoms with van der Waals surface area (Å²) in [6, 6.07) is 0.0371. The van der Waals surface area contributed by atoms with Gasteiger partial charge in [0.1, 0.15) is 0 Å². The summed E-state index contributed by atoms with van der Waals surface area (Å²) in [5, 5.41) is 11.4. The highest BCUT2D eigenvalue weighted by Gasteiger charge is 2.40. The van der Waals surface area contributed by atoms with Crippen molar-refractivity contribution in [2.45, 2.75) is 32.5 Å². The molecule has 0 saturated heterocycles. The van der Waals surface area contributed by atoms with Gasteiger partial charge in [0.15, 0.2) is 5.69 Å². The topological polar surface area (TPSA) is 47.7 Å². The number of aryl methyl sites for hydroxylation is 2. The van der Waals surface area contributed by atoms with Gasteiger partial charge in [-0.3, -0.25) is 9.36 Å². The lowest BCUT2D eigenvalue weighted by Gasteiger charge is -2.19. The molecule has 1 unspecified atom stereocenters. The Morgan fingerprint density at radius 3 is 2.50 bits per heavy atom. The van der Waals surface area contributed by atoms with Crippen molar-refractivity contribution in [3.63, 3.8) is 0 Å². The minimum Gasteiger partial charge on any atom is -0.308 e. The molecule has 1 aliphatic rings. The van der Waals surface area contributed by atoms with Crippen molar-refractivity contribution in [3.05, 3.63) is 22.6 Å². The van der Waals surface area contributed by atoms with Crippen LogP contribution in [0.15, 0.2) is 0 Å². The largest absolute Gasteiger partial charge is 0.435 e. The van der Waals surface area contributed by atoms with Gasteiger partial charge in [-0.25, -0.2) is 0 Å². The first-order valence-corrected chi connectivity index (χ1v) is 7.12. The molecule has 0 spiro atoms. The van der Waals surface area contributed by atoms with Gasteiger partial charge < -0.3 is 5.32 Å². The predicted octanol–water partition coefficient (Wildman–Crippen LogP) is 2.35. The zero-order valence-corrected chi connectivity index (χ0v) is 12.9. The standard InChI is InChI=1S/C14H18F3N5/c1-7-11-9(5-6-18-7)12(22(4)19-11)10-8(2)21(3)20-13(10)14(15,16)17/h7,18H,5-6H2,1-4H3. The molecule has 0 amide bonds. The maximum Gasteiger partial charge on any atom is 0.435 e. The number of alkyl halides is 3. The van der Waals surface area contributed by atoms with Crippen molar-refractivity contribution in [2.75, 3.05) is 6.54 Å². The Hall–Kier alpha value is -1.83. The molecule has 1 N–H and O–H groups in total. The van der Waals surface area contributed by atoms with Crippen LogP contribution < -0.4 is 5.32 Å². The van der Waals surface area contributed by atoms with E-state index in [1.54, 1.807) is 18.7 Å². The van der Waals surface area contributed by atoms with E-state index in [0.717, 1.165) is 17.8 Å². The van der Waals surface area contributed by atoms with Crippen LogP contribution in [0, 0.1) is 6.92 Å². The van der Waals surface area contributed by atoms with E-state index < -0.39 is 11.9 Å². The first-order chi connectivity index (χ1) is 10.2. The molecule has 3 rings (SSSR count). The lowest BCUT2D eigenvalue weighted by atomic mass is 9.96. The molecule has 1 aliphatic heterocycles. The normalized spacial score (nSPS) is 18.6. The molecule has 0 saturated carbocycles. The molecule has 0 fully saturated rings. The van der Waals surface area contributed by atoms with Gasteiger partial charge in [-0.15, -0.1) is 0 Å². The summed E-state index contributed by atoms with van der Waals surface area (Å²) in [4.78, 5) is 0. The Bertz CT molecular complexity index is 726. The lowest BCUT2D eigenvalue weighted by Crippen LogP contribution is -2.27. The van der Waals surface area contributed by atoms with Gasteiger partial charge in [0.05, 0.1) is 17.0 Å². The second-order valence-electron chi connectivity index (χ2n) is 5.69. The number of hydrogen-bond acceptors (Lipinski definition) is 3. The number of fused-ring (bicyclic) bond motifs is 1. The van der Waals surface area contributed by atoms with Crippen LogP contribution in [-0.4, -0.2) is 26.1 Å². The molecule has 8 heteroatoms. The highest BCUT2D eigenvalue weighted by Crippen LogP contribution is 2.41. The summed E-state index contributed by atoms with van der Waals surface area (Å²) in [7, 11) is 3.22. The minimum atomic E-state index is -4.49. The van der Waals surface area contributed by atoms with E-state index in [4.69, 9.17) is 0 Å². The summed E-state index contributed by atoms with van der Waals surface area (Å²) >= 11 is 0. The molecule has 0 radical (unpaired) electrons. The van der Waals surface area contributed by atoms with E-state index in [2.05, 4.69) is 15.5 Å². The number of hydrogen-bond donors (Lipinski definition) is 1. The van der Waals surface area contributed by atoms with Gasteiger partial charge in [-0.05, 0) is 26.8 Å². The van der Waals surface area contributed by atoms with Crippen LogP contribution in [0.25, 0.3) is 11.3 Å². The lowest BCUT2D eigenvalue weighted by molar-refractivity contribution is -0.141. The van der Waals surface area contributed by atoms with Gasteiger partial charge in [0.25, 0.3) is 0 Å². The van der Waals surface area contributed by atoms with Crippen LogP contribution in [0.1, 0.15) is 35.6 Å². The Kier molecular flexibility index (Phi) is 3.32. The second kappa shape index (κ2) is 4.84. The van der Waals surface area contributed by atoms with Crippen molar-refractivity contribution < 1.29 is 13.2 Å². The fourth-order valence-electron chi connectivity index (χ4n) is 3.10. The Labute approximate surface area is 126 Å². The van der Waals surface area contributed by atoms with E-state index in [1.807, 2.05) is 6.92 Å². The summed E-state index contributed by atoms with van der Waals surface area (Å²) < 4.78 is 42.9. The third-order valence-corrected chi connectivity index (χ3v) is 4.25. The molecule has 0 aromatic carbocycles. The van der Waals surface area contributed by atoms with E-state index >= 15 is 0 Å². The van der Waals surface area contributed by atoms with Crippen molar-refractivity contribution in [1.82, 2.24) is 24.9 Å². The Balaban J connectivity index is 2.30. The molecule has 0 bridgehead atoms. The van der Waals surface area contributed by atoms with Crippen molar-refractivity contribution >= 4 is 0 Å². The number of nitrogens with one attached hydrogen (secondary N) is 1. The summed E-state index contributed by atoms with van der Waals surface area (Å²) in [5.41, 5.74) is 2.02. The van der Waals surface area contributed by atoms with Gasteiger partial charge in [0, 0.05) is 31.4 Å². The molecule has 5 nitrogen and oxygen atoms in total. The van der Waals surface area contributed by atoms with Crippen LogP contribution in [0.5, 0.6) is 0 Å². The first kappa shape index (κ1) is 15.1. The minimum absolute atomic E-state index is 0.0371.